The van der Waals surface area contributed by atoms with E-state index in [1.54, 1.807) is 12.3 Å². The highest BCUT2D eigenvalue weighted by atomic mass is 32.2. The van der Waals surface area contributed by atoms with Gasteiger partial charge in [0.1, 0.15) is 41.4 Å². The van der Waals surface area contributed by atoms with Gasteiger partial charge in [0.05, 0.1) is 17.4 Å². The number of hydrogen-bond acceptors (Lipinski definition) is 6. The summed E-state index contributed by atoms with van der Waals surface area (Å²) in [4.78, 5) is 5.28. The number of thioether (sulfide) groups is 1. The molecule has 1 fully saturated rings. The molecule has 1 aliphatic rings. The Labute approximate surface area is 193 Å². The zero-order chi connectivity index (χ0) is 22.9. The van der Waals surface area contributed by atoms with Crippen molar-refractivity contribution in [1.29, 1.82) is 10.5 Å². The quantitative estimate of drug-likeness (QED) is 0.546. The molecule has 0 bridgehead atoms. The van der Waals surface area contributed by atoms with Gasteiger partial charge in [0.15, 0.2) is 0 Å². The van der Waals surface area contributed by atoms with E-state index in [2.05, 4.69) is 31.0 Å². The molecule has 0 aliphatic heterocycles. The van der Waals surface area contributed by atoms with Crippen molar-refractivity contribution in [3.05, 3.63) is 47.8 Å². The van der Waals surface area contributed by atoms with Crippen LogP contribution in [0.1, 0.15) is 50.8 Å². The Bertz CT molecular complexity index is 1250. The predicted molar refractivity (Wildman–Crippen MR) is 127 cm³/mol. The Kier molecular flexibility index (Phi) is 5.90. The van der Waals surface area contributed by atoms with Crippen LogP contribution in [-0.4, -0.2) is 27.8 Å². The highest BCUT2D eigenvalue weighted by molar-refractivity contribution is 7.98. The first-order valence-electron chi connectivity index (χ1n) is 10.7. The molecule has 2 heterocycles. The minimum Gasteiger partial charge on any atom is -0.490 e. The van der Waals surface area contributed by atoms with Gasteiger partial charge in [-0.15, -0.1) is 11.8 Å². The second-order valence-corrected chi connectivity index (χ2v) is 10.2. The normalized spacial score (nSPS) is 19.9. The van der Waals surface area contributed by atoms with Crippen LogP contribution in [0.3, 0.4) is 0 Å². The first kappa shape index (κ1) is 22.2. The van der Waals surface area contributed by atoms with Crippen LogP contribution in [0.25, 0.3) is 16.9 Å². The average molecular weight is 446 g/mol. The Balaban J connectivity index is 1.75. The summed E-state index contributed by atoms with van der Waals surface area (Å²) in [5, 5.41) is 19.4. The summed E-state index contributed by atoms with van der Waals surface area (Å²) < 4.78 is 8.08. The van der Waals surface area contributed by atoms with E-state index in [1.807, 2.05) is 34.9 Å². The molecule has 32 heavy (non-hydrogen) atoms. The summed E-state index contributed by atoms with van der Waals surface area (Å²) in [6.07, 6.45) is 7.72. The van der Waals surface area contributed by atoms with E-state index in [-0.39, 0.29) is 5.41 Å². The van der Waals surface area contributed by atoms with Crippen LogP contribution < -0.4 is 10.5 Å². The molecule has 7 heteroatoms. The van der Waals surface area contributed by atoms with Crippen molar-refractivity contribution in [3.8, 4) is 29.1 Å². The third-order valence-corrected chi connectivity index (χ3v) is 6.97. The van der Waals surface area contributed by atoms with Gasteiger partial charge >= 0.3 is 0 Å². The molecule has 1 aromatic carbocycles. The van der Waals surface area contributed by atoms with E-state index < -0.39 is 5.54 Å². The number of nitriles is 2. The first-order valence-corrected chi connectivity index (χ1v) is 11.9. The van der Waals surface area contributed by atoms with Gasteiger partial charge in [-0.2, -0.15) is 10.5 Å². The molecule has 1 atom stereocenters. The van der Waals surface area contributed by atoms with Crippen LogP contribution >= 0.6 is 11.8 Å². The number of ether oxygens (including phenoxy) is 1. The maximum atomic E-state index is 9.85. The van der Waals surface area contributed by atoms with Gasteiger partial charge in [-0.1, -0.05) is 26.3 Å². The highest BCUT2D eigenvalue weighted by Crippen LogP contribution is 2.41. The Morgan fingerprint density at radius 3 is 2.72 bits per heavy atom. The Hall–Kier alpha value is -3.00. The maximum absolute atomic E-state index is 9.85. The molecule has 0 saturated heterocycles. The van der Waals surface area contributed by atoms with Crippen molar-refractivity contribution in [2.75, 3.05) is 12.9 Å². The summed E-state index contributed by atoms with van der Waals surface area (Å²) in [5.41, 5.74) is 9.82. The molecule has 6 nitrogen and oxygen atoms in total. The lowest BCUT2D eigenvalue weighted by Crippen LogP contribution is -2.51. The van der Waals surface area contributed by atoms with Gasteiger partial charge < -0.3 is 10.5 Å². The third kappa shape index (κ3) is 4.19. The molecule has 0 amide bonds. The standard InChI is InChI=1S/C25H27N5OS/c1-24(2)8-5-9-25(28,15-24)16-31-21-10-17(11-22(32-3)19(21)13-27)20-14-29-23-7-4-6-18(12-26)30(20)23/h4,6-7,10-11,14H,5,8-9,15-16,28H2,1-3H3/t25-/m1/s1. The second kappa shape index (κ2) is 8.50. The van der Waals surface area contributed by atoms with Gasteiger partial charge in [-0.3, -0.25) is 4.40 Å². The number of imidazole rings is 1. The molecule has 3 aromatic rings. The zero-order valence-electron chi connectivity index (χ0n) is 18.7. The van der Waals surface area contributed by atoms with Crippen molar-refractivity contribution in [3.63, 3.8) is 0 Å². The number of hydrogen-bond donors (Lipinski definition) is 1. The topological polar surface area (TPSA) is 100 Å². The minimum atomic E-state index is -0.415. The number of aromatic nitrogens is 2. The lowest BCUT2D eigenvalue weighted by atomic mass is 9.69. The van der Waals surface area contributed by atoms with E-state index >= 15 is 0 Å². The monoisotopic (exact) mass is 445 g/mol. The number of nitrogens with zero attached hydrogens (tertiary/aromatic N) is 4. The third-order valence-electron chi connectivity index (χ3n) is 6.21. The van der Waals surface area contributed by atoms with Crippen LogP contribution in [0.2, 0.25) is 0 Å². The van der Waals surface area contributed by atoms with Crippen LogP contribution in [0, 0.1) is 28.1 Å². The van der Waals surface area contributed by atoms with Crippen molar-refractivity contribution in [2.45, 2.75) is 50.0 Å². The molecule has 1 aliphatic carbocycles. The van der Waals surface area contributed by atoms with Crippen LogP contribution in [0.15, 0.2) is 41.4 Å². The van der Waals surface area contributed by atoms with Crippen LogP contribution in [0.5, 0.6) is 5.75 Å². The van der Waals surface area contributed by atoms with Gasteiger partial charge in [0.2, 0.25) is 0 Å². The average Bonchev–Trinajstić information content (AvgIpc) is 3.20. The number of nitrogens with two attached hydrogens (primary N) is 1. The summed E-state index contributed by atoms with van der Waals surface area (Å²) in [5.74, 6) is 0.520. The fourth-order valence-electron chi connectivity index (χ4n) is 4.84. The van der Waals surface area contributed by atoms with Crippen LogP contribution in [-0.2, 0) is 0 Å². The van der Waals surface area contributed by atoms with Gasteiger partial charge in [0.25, 0.3) is 0 Å². The van der Waals surface area contributed by atoms with Gasteiger partial charge in [-0.25, -0.2) is 4.98 Å². The fraction of sp³-hybridized carbons (Fsp3) is 0.400. The molecule has 0 radical (unpaired) electrons. The van der Waals surface area contributed by atoms with Gasteiger partial charge in [0, 0.05) is 10.5 Å². The Morgan fingerprint density at radius 1 is 1.22 bits per heavy atom. The molecule has 0 spiro atoms. The molecular weight excluding hydrogens is 418 g/mol. The molecule has 0 unspecified atom stereocenters. The molecule has 164 valence electrons. The van der Waals surface area contributed by atoms with Crippen molar-refractivity contribution in [2.24, 2.45) is 11.1 Å². The molecule has 1 saturated carbocycles. The lowest BCUT2D eigenvalue weighted by molar-refractivity contribution is 0.101. The second-order valence-electron chi connectivity index (χ2n) is 9.37. The zero-order valence-corrected chi connectivity index (χ0v) is 19.5. The van der Waals surface area contributed by atoms with E-state index in [0.29, 0.717) is 29.3 Å². The first-order chi connectivity index (χ1) is 15.3. The summed E-state index contributed by atoms with van der Waals surface area (Å²) in [6, 6.07) is 13.8. The van der Waals surface area contributed by atoms with Crippen LogP contribution in [0.4, 0.5) is 0 Å². The molecule has 4 rings (SSSR count). The molecular formula is C25H27N5OS. The smallest absolute Gasteiger partial charge is 0.138 e. The van der Waals surface area contributed by atoms with E-state index in [0.717, 1.165) is 41.8 Å². The number of pyridine rings is 1. The van der Waals surface area contributed by atoms with E-state index in [9.17, 15) is 10.5 Å². The van der Waals surface area contributed by atoms with Crippen molar-refractivity contribution in [1.82, 2.24) is 9.38 Å². The number of rotatable bonds is 5. The highest BCUT2D eigenvalue weighted by Gasteiger charge is 2.38. The summed E-state index contributed by atoms with van der Waals surface area (Å²) in [7, 11) is 0. The van der Waals surface area contributed by atoms with Crippen molar-refractivity contribution < 1.29 is 4.74 Å². The van der Waals surface area contributed by atoms with E-state index in [4.69, 9.17) is 10.5 Å². The minimum absolute atomic E-state index is 0.185. The molecule has 2 N–H and O–H groups in total. The molecule has 2 aromatic heterocycles. The summed E-state index contributed by atoms with van der Waals surface area (Å²) in [6.45, 7) is 4.86. The van der Waals surface area contributed by atoms with E-state index in [1.165, 1.54) is 11.8 Å². The SMILES string of the molecule is CSc1cc(-c2cnc3cccc(C#N)n23)cc(OC[C@@]2(N)CCCC(C)(C)C2)c1C#N. The number of fused-ring (bicyclic) bond motifs is 1. The summed E-state index contributed by atoms with van der Waals surface area (Å²) >= 11 is 1.49. The number of benzene rings is 1. The van der Waals surface area contributed by atoms with Crippen molar-refractivity contribution >= 4 is 17.4 Å². The Morgan fingerprint density at radius 2 is 2.03 bits per heavy atom. The predicted octanol–water partition coefficient (Wildman–Crippen LogP) is 5.14. The lowest BCUT2D eigenvalue weighted by Gasteiger charge is -2.42. The fourth-order valence-corrected chi connectivity index (χ4v) is 5.44. The maximum Gasteiger partial charge on any atom is 0.138 e. The van der Waals surface area contributed by atoms with Gasteiger partial charge in [-0.05, 0) is 55.2 Å². The largest absolute Gasteiger partial charge is 0.490 e.